The number of carbonyl (C=O) groups is 1. The summed E-state index contributed by atoms with van der Waals surface area (Å²) in [7, 11) is 0. The lowest BCUT2D eigenvalue weighted by Gasteiger charge is -2.26. The van der Waals surface area contributed by atoms with Crippen molar-refractivity contribution in [3.63, 3.8) is 0 Å². The number of amides is 1. The molecule has 0 spiro atoms. The third kappa shape index (κ3) is 4.02. The minimum absolute atomic E-state index is 0.168. The predicted octanol–water partition coefficient (Wildman–Crippen LogP) is 4.75. The van der Waals surface area contributed by atoms with Crippen molar-refractivity contribution in [1.82, 2.24) is 19.7 Å². The summed E-state index contributed by atoms with van der Waals surface area (Å²) in [5.74, 6) is 1.51. The van der Waals surface area contributed by atoms with E-state index in [2.05, 4.69) is 56.6 Å². The van der Waals surface area contributed by atoms with Gasteiger partial charge in [0.25, 0.3) is 0 Å². The first-order chi connectivity index (χ1) is 14.3. The summed E-state index contributed by atoms with van der Waals surface area (Å²) in [6.45, 7) is 1.45. The molecule has 0 unspecified atom stereocenters. The highest BCUT2D eigenvalue weighted by Gasteiger charge is 2.31. The summed E-state index contributed by atoms with van der Waals surface area (Å²) >= 11 is 3.19. The van der Waals surface area contributed by atoms with Crippen LogP contribution in [0.3, 0.4) is 0 Å². The number of hydrogen-bond acceptors (Lipinski definition) is 5. The van der Waals surface area contributed by atoms with Gasteiger partial charge in [0, 0.05) is 19.1 Å². The van der Waals surface area contributed by atoms with E-state index in [1.165, 1.54) is 22.9 Å². The Labute approximate surface area is 178 Å². The first-order valence-electron chi connectivity index (χ1n) is 9.93. The number of benzene rings is 1. The minimum Gasteiger partial charge on any atom is -0.338 e. The van der Waals surface area contributed by atoms with E-state index in [1.807, 2.05) is 17.0 Å². The summed E-state index contributed by atoms with van der Waals surface area (Å²) in [6.07, 6.45) is 5.42. The molecule has 1 aromatic carbocycles. The molecule has 0 N–H and O–H groups in total. The fourth-order valence-electron chi connectivity index (χ4n) is 3.64. The first-order valence-corrected chi connectivity index (χ1v) is 11.8. The topological polar surface area (TPSA) is 51.0 Å². The van der Waals surface area contributed by atoms with Gasteiger partial charge in [-0.2, -0.15) is 0 Å². The molecule has 1 aliphatic carbocycles. The predicted molar refractivity (Wildman–Crippen MR) is 118 cm³/mol. The van der Waals surface area contributed by atoms with Gasteiger partial charge in [0.05, 0.1) is 10.6 Å². The Hall–Kier alpha value is -2.38. The van der Waals surface area contributed by atoms with E-state index in [9.17, 15) is 4.79 Å². The van der Waals surface area contributed by atoms with Crippen molar-refractivity contribution in [2.24, 2.45) is 0 Å². The largest absolute Gasteiger partial charge is 0.338 e. The second-order valence-corrected chi connectivity index (χ2v) is 9.25. The van der Waals surface area contributed by atoms with E-state index >= 15 is 0 Å². The SMILES string of the molecule is O=C(CSc1nnc(-c2cccs2)n1C1CC1)N1CC=C(c2ccccc2)CC1. The molecule has 7 heteroatoms. The Morgan fingerprint density at radius 2 is 2.00 bits per heavy atom. The van der Waals surface area contributed by atoms with Gasteiger partial charge < -0.3 is 4.90 Å². The van der Waals surface area contributed by atoms with Gasteiger partial charge in [0.2, 0.25) is 5.91 Å². The summed E-state index contributed by atoms with van der Waals surface area (Å²) < 4.78 is 2.23. The highest BCUT2D eigenvalue weighted by Crippen LogP contribution is 2.41. The third-order valence-corrected chi connectivity index (χ3v) is 7.14. The van der Waals surface area contributed by atoms with E-state index in [1.54, 1.807) is 11.3 Å². The van der Waals surface area contributed by atoms with Crippen molar-refractivity contribution in [2.75, 3.05) is 18.8 Å². The standard InChI is InChI=1S/C22H22N4OS2/c27-20(25-12-10-17(11-13-25)16-5-2-1-3-6-16)15-29-22-24-23-21(19-7-4-14-28-19)26(22)18-8-9-18/h1-7,10,14,18H,8-9,11-13,15H2. The van der Waals surface area contributed by atoms with Crippen molar-refractivity contribution in [3.8, 4) is 10.7 Å². The molecule has 3 heterocycles. The number of hydrogen-bond donors (Lipinski definition) is 0. The molecule has 1 amide bonds. The summed E-state index contributed by atoms with van der Waals surface area (Å²) in [4.78, 5) is 15.8. The van der Waals surface area contributed by atoms with Crippen molar-refractivity contribution in [2.45, 2.75) is 30.5 Å². The van der Waals surface area contributed by atoms with E-state index in [-0.39, 0.29) is 5.91 Å². The molecular weight excluding hydrogens is 400 g/mol. The maximum atomic E-state index is 12.8. The van der Waals surface area contributed by atoms with Crippen LogP contribution in [-0.4, -0.2) is 44.4 Å². The van der Waals surface area contributed by atoms with Gasteiger partial charge in [0.1, 0.15) is 0 Å². The number of aromatic nitrogens is 3. The maximum Gasteiger partial charge on any atom is 0.233 e. The summed E-state index contributed by atoms with van der Waals surface area (Å²) in [5, 5.41) is 11.7. The second-order valence-electron chi connectivity index (χ2n) is 7.36. The molecule has 0 bridgehead atoms. The van der Waals surface area contributed by atoms with Crippen molar-refractivity contribution >= 4 is 34.6 Å². The van der Waals surface area contributed by atoms with E-state index in [0.29, 0.717) is 18.3 Å². The van der Waals surface area contributed by atoms with Crippen molar-refractivity contribution < 1.29 is 4.79 Å². The van der Waals surface area contributed by atoms with Crippen LogP contribution in [0.25, 0.3) is 16.3 Å². The number of nitrogens with zero attached hydrogens (tertiary/aromatic N) is 4. The molecule has 148 valence electrons. The summed E-state index contributed by atoms with van der Waals surface area (Å²) in [6, 6.07) is 15.0. The van der Waals surface area contributed by atoms with Crippen LogP contribution in [0.1, 0.15) is 30.9 Å². The van der Waals surface area contributed by atoms with Crippen molar-refractivity contribution in [1.29, 1.82) is 0 Å². The monoisotopic (exact) mass is 422 g/mol. The highest BCUT2D eigenvalue weighted by molar-refractivity contribution is 7.99. The third-order valence-electron chi connectivity index (χ3n) is 5.35. The smallest absolute Gasteiger partial charge is 0.233 e. The van der Waals surface area contributed by atoms with Gasteiger partial charge in [-0.1, -0.05) is 54.2 Å². The average Bonchev–Trinajstić information content (AvgIpc) is 3.29. The van der Waals surface area contributed by atoms with Crippen LogP contribution in [0, 0.1) is 0 Å². The average molecular weight is 423 g/mol. The van der Waals surface area contributed by atoms with Crippen LogP contribution in [0.2, 0.25) is 0 Å². The van der Waals surface area contributed by atoms with Gasteiger partial charge in [-0.15, -0.1) is 21.5 Å². The fourth-order valence-corrected chi connectivity index (χ4v) is 5.25. The number of thioether (sulfide) groups is 1. The molecular formula is C22H22N4OS2. The lowest BCUT2D eigenvalue weighted by atomic mass is 10.00. The molecule has 0 saturated heterocycles. The molecule has 5 rings (SSSR count). The van der Waals surface area contributed by atoms with Crippen LogP contribution < -0.4 is 0 Å². The lowest BCUT2D eigenvalue weighted by molar-refractivity contribution is -0.127. The number of thiophene rings is 1. The minimum atomic E-state index is 0.168. The second kappa shape index (κ2) is 8.16. The van der Waals surface area contributed by atoms with Crippen molar-refractivity contribution in [3.05, 3.63) is 59.5 Å². The molecule has 0 radical (unpaired) electrons. The fraction of sp³-hybridized carbons (Fsp3) is 0.318. The zero-order valence-corrected chi connectivity index (χ0v) is 17.7. The van der Waals surface area contributed by atoms with Gasteiger partial charge in [0.15, 0.2) is 11.0 Å². The normalized spacial score (nSPS) is 16.7. The highest BCUT2D eigenvalue weighted by atomic mass is 32.2. The van der Waals surface area contributed by atoms with Crippen LogP contribution >= 0.6 is 23.1 Å². The number of rotatable bonds is 6. The first kappa shape index (κ1) is 18.6. The summed E-state index contributed by atoms with van der Waals surface area (Å²) in [5.41, 5.74) is 2.59. The van der Waals surface area contributed by atoms with E-state index in [4.69, 9.17) is 0 Å². The molecule has 29 heavy (non-hydrogen) atoms. The Bertz CT molecular complexity index is 1020. The Balaban J connectivity index is 1.23. The molecule has 1 aliphatic heterocycles. The molecule has 2 aliphatic rings. The van der Waals surface area contributed by atoms with Gasteiger partial charge in [-0.3, -0.25) is 9.36 Å². The Kier molecular flexibility index (Phi) is 5.24. The number of carbonyl (C=O) groups excluding carboxylic acids is 1. The van der Waals surface area contributed by atoms with Crippen LogP contribution in [0.4, 0.5) is 0 Å². The zero-order chi connectivity index (χ0) is 19.6. The molecule has 1 saturated carbocycles. The van der Waals surface area contributed by atoms with Gasteiger partial charge in [-0.25, -0.2) is 0 Å². The molecule has 2 aromatic heterocycles. The van der Waals surface area contributed by atoms with Crippen LogP contribution in [-0.2, 0) is 4.79 Å². The zero-order valence-electron chi connectivity index (χ0n) is 16.0. The van der Waals surface area contributed by atoms with E-state index < -0.39 is 0 Å². The van der Waals surface area contributed by atoms with Gasteiger partial charge >= 0.3 is 0 Å². The van der Waals surface area contributed by atoms with E-state index in [0.717, 1.165) is 41.7 Å². The molecule has 3 aromatic rings. The van der Waals surface area contributed by atoms with Gasteiger partial charge in [-0.05, 0) is 41.8 Å². The Morgan fingerprint density at radius 1 is 1.14 bits per heavy atom. The molecule has 5 nitrogen and oxygen atoms in total. The maximum absolute atomic E-state index is 12.8. The van der Waals surface area contributed by atoms with Crippen LogP contribution in [0.5, 0.6) is 0 Å². The molecule has 1 fully saturated rings. The quantitative estimate of drug-likeness (QED) is 0.538. The lowest BCUT2D eigenvalue weighted by Crippen LogP contribution is -2.35. The van der Waals surface area contributed by atoms with Crippen LogP contribution in [0.15, 0.2) is 59.1 Å². The Morgan fingerprint density at radius 3 is 2.69 bits per heavy atom. The molecule has 0 atom stereocenters.